The first-order valence-corrected chi connectivity index (χ1v) is 8.81. The Morgan fingerprint density at radius 2 is 2.22 bits per heavy atom. The Labute approximate surface area is 140 Å². The molecular weight excluding hydrogens is 306 g/mol. The van der Waals surface area contributed by atoms with Gasteiger partial charge in [0.25, 0.3) is 0 Å². The number of carbonyl (C=O) groups is 1. The summed E-state index contributed by atoms with van der Waals surface area (Å²) in [5, 5.41) is 3.58. The first kappa shape index (κ1) is 15.9. The summed E-state index contributed by atoms with van der Waals surface area (Å²) < 4.78 is 0. The van der Waals surface area contributed by atoms with E-state index in [-0.39, 0.29) is 5.91 Å². The standard InChI is InChI=1S/C18H21N3OS/c1-2-11-21-12-10-15-16(13-21)23-18(19-15)20-17(22)9-8-14-6-4-3-5-7-14/h3-9H,2,10-13H2,1H3,(H,19,20,22)/b9-8+. The van der Waals surface area contributed by atoms with Crippen molar-refractivity contribution in [1.29, 1.82) is 0 Å². The van der Waals surface area contributed by atoms with E-state index < -0.39 is 0 Å². The lowest BCUT2D eigenvalue weighted by atomic mass is 10.2. The van der Waals surface area contributed by atoms with Crippen LogP contribution in [0.2, 0.25) is 0 Å². The number of thiazole rings is 1. The molecule has 4 nitrogen and oxygen atoms in total. The van der Waals surface area contributed by atoms with E-state index in [1.54, 1.807) is 17.4 Å². The summed E-state index contributed by atoms with van der Waals surface area (Å²) in [6.07, 6.45) is 5.51. The monoisotopic (exact) mass is 327 g/mol. The Hall–Kier alpha value is -1.98. The molecular formula is C18H21N3OS. The third kappa shape index (κ3) is 4.27. The van der Waals surface area contributed by atoms with Crippen LogP contribution in [0.1, 0.15) is 29.5 Å². The summed E-state index contributed by atoms with van der Waals surface area (Å²) in [6, 6.07) is 9.80. The van der Waals surface area contributed by atoms with Crippen LogP contribution in [0.25, 0.3) is 6.08 Å². The van der Waals surface area contributed by atoms with E-state index in [2.05, 4.69) is 22.1 Å². The fourth-order valence-corrected chi connectivity index (χ4v) is 3.75. The molecule has 2 aromatic rings. The molecule has 1 aromatic heterocycles. The van der Waals surface area contributed by atoms with E-state index in [4.69, 9.17) is 0 Å². The second-order valence-electron chi connectivity index (χ2n) is 5.65. The van der Waals surface area contributed by atoms with Gasteiger partial charge in [-0.2, -0.15) is 0 Å². The number of nitrogens with one attached hydrogen (secondary N) is 1. The van der Waals surface area contributed by atoms with Gasteiger partial charge in [-0.1, -0.05) is 37.3 Å². The van der Waals surface area contributed by atoms with Crippen molar-refractivity contribution in [1.82, 2.24) is 9.88 Å². The molecule has 1 aliphatic rings. The fraction of sp³-hybridized carbons (Fsp3) is 0.333. The average molecular weight is 327 g/mol. The lowest BCUT2D eigenvalue weighted by Crippen LogP contribution is -2.30. The Balaban J connectivity index is 1.61. The van der Waals surface area contributed by atoms with Gasteiger partial charge in [-0.3, -0.25) is 15.0 Å². The molecule has 0 fully saturated rings. The van der Waals surface area contributed by atoms with Gasteiger partial charge in [0.05, 0.1) is 5.69 Å². The van der Waals surface area contributed by atoms with Gasteiger partial charge in [0.2, 0.25) is 5.91 Å². The largest absolute Gasteiger partial charge is 0.298 e. The SMILES string of the molecule is CCCN1CCc2nc(NC(=O)/C=C/c3ccccc3)sc2C1. The smallest absolute Gasteiger partial charge is 0.250 e. The van der Waals surface area contributed by atoms with Crippen molar-refractivity contribution in [2.24, 2.45) is 0 Å². The van der Waals surface area contributed by atoms with E-state index in [0.717, 1.165) is 37.3 Å². The zero-order valence-electron chi connectivity index (χ0n) is 13.3. The normalized spacial score (nSPS) is 14.8. The number of aromatic nitrogens is 1. The zero-order chi connectivity index (χ0) is 16.1. The van der Waals surface area contributed by atoms with Crippen molar-refractivity contribution in [3.8, 4) is 0 Å². The van der Waals surface area contributed by atoms with Gasteiger partial charge < -0.3 is 0 Å². The molecule has 0 aliphatic carbocycles. The highest BCUT2D eigenvalue weighted by Crippen LogP contribution is 2.28. The molecule has 0 spiro atoms. The quantitative estimate of drug-likeness (QED) is 0.854. The lowest BCUT2D eigenvalue weighted by molar-refractivity contribution is -0.111. The molecule has 0 saturated carbocycles. The minimum Gasteiger partial charge on any atom is -0.298 e. The fourth-order valence-electron chi connectivity index (χ4n) is 2.69. The molecule has 1 N–H and O–H groups in total. The molecule has 1 aromatic carbocycles. The van der Waals surface area contributed by atoms with E-state index in [1.165, 1.54) is 11.3 Å². The molecule has 0 bridgehead atoms. The summed E-state index contributed by atoms with van der Waals surface area (Å²) in [4.78, 5) is 20.3. The Kier molecular flexibility index (Phi) is 5.20. The maximum atomic E-state index is 12.0. The van der Waals surface area contributed by atoms with Crippen molar-refractivity contribution in [2.45, 2.75) is 26.3 Å². The van der Waals surface area contributed by atoms with Crippen molar-refractivity contribution < 1.29 is 4.79 Å². The number of hydrogen-bond acceptors (Lipinski definition) is 4. The van der Waals surface area contributed by atoms with Gasteiger partial charge in [-0.05, 0) is 24.6 Å². The minimum atomic E-state index is -0.134. The van der Waals surface area contributed by atoms with Crippen LogP contribution in [0, 0.1) is 0 Å². The van der Waals surface area contributed by atoms with E-state index >= 15 is 0 Å². The molecule has 0 atom stereocenters. The zero-order valence-corrected chi connectivity index (χ0v) is 14.1. The highest BCUT2D eigenvalue weighted by Gasteiger charge is 2.20. The van der Waals surface area contributed by atoms with Gasteiger partial charge in [-0.25, -0.2) is 4.98 Å². The summed E-state index contributed by atoms with van der Waals surface area (Å²) in [5.74, 6) is -0.134. The summed E-state index contributed by atoms with van der Waals surface area (Å²) in [7, 11) is 0. The van der Waals surface area contributed by atoms with Crippen LogP contribution < -0.4 is 5.32 Å². The van der Waals surface area contributed by atoms with E-state index in [1.807, 2.05) is 36.4 Å². The summed E-state index contributed by atoms with van der Waals surface area (Å²) in [6.45, 7) is 5.34. The minimum absolute atomic E-state index is 0.134. The Bertz CT molecular complexity index is 694. The van der Waals surface area contributed by atoms with Gasteiger partial charge in [0.15, 0.2) is 5.13 Å². The predicted molar refractivity (Wildman–Crippen MR) is 95.5 cm³/mol. The average Bonchev–Trinajstić information content (AvgIpc) is 2.95. The molecule has 0 saturated heterocycles. The highest BCUT2D eigenvalue weighted by atomic mass is 32.1. The highest BCUT2D eigenvalue weighted by molar-refractivity contribution is 7.15. The van der Waals surface area contributed by atoms with Crippen LogP contribution in [0.3, 0.4) is 0 Å². The Morgan fingerprint density at radius 3 is 3.00 bits per heavy atom. The van der Waals surface area contributed by atoms with Crippen LogP contribution in [0.15, 0.2) is 36.4 Å². The van der Waals surface area contributed by atoms with Crippen molar-refractivity contribution in [3.05, 3.63) is 52.5 Å². The molecule has 1 aliphatic heterocycles. The summed E-state index contributed by atoms with van der Waals surface area (Å²) >= 11 is 1.60. The molecule has 2 heterocycles. The van der Waals surface area contributed by atoms with Gasteiger partial charge in [0, 0.05) is 30.5 Å². The number of carbonyl (C=O) groups excluding carboxylic acids is 1. The molecule has 1 amide bonds. The van der Waals surface area contributed by atoms with Crippen LogP contribution >= 0.6 is 11.3 Å². The lowest BCUT2D eigenvalue weighted by Gasteiger charge is -2.24. The van der Waals surface area contributed by atoms with Crippen LogP contribution in [0.4, 0.5) is 5.13 Å². The van der Waals surface area contributed by atoms with E-state index in [0.29, 0.717) is 5.13 Å². The predicted octanol–water partition coefficient (Wildman–Crippen LogP) is 3.56. The first-order valence-electron chi connectivity index (χ1n) is 7.99. The maximum Gasteiger partial charge on any atom is 0.250 e. The van der Waals surface area contributed by atoms with Crippen molar-refractivity contribution >= 4 is 28.5 Å². The number of nitrogens with zero attached hydrogens (tertiary/aromatic N) is 2. The van der Waals surface area contributed by atoms with Gasteiger partial charge in [-0.15, -0.1) is 11.3 Å². The van der Waals surface area contributed by atoms with Crippen molar-refractivity contribution in [3.63, 3.8) is 0 Å². The van der Waals surface area contributed by atoms with Gasteiger partial charge in [0.1, 0.15) is 0 Å². The topological polar surface area (TPSA) is 45.2 Å². The number of rotatable bonds is 5. The second-order valence-corrected chi connectivity index (χ2v) is 6.73. The van der Waals surface area contributed by atoms with E-state index in [9.17, 15) is 4.79 Å². The summed E-state index contributed by atoms with van der Waals surface area (Å²) in [5.41, 5.74) is 2.15. The number of fused-ring (bicyclic) bond motifs is 1. The van der Waals surface area contributed by atoms with Crippen molar-refractivity contribution in [2.75, 3.05) is 18.4 Å². The van der Waals surface area contributed by atoms with Gasteiger partial charge >= 0.3 is 0 Å². The molecule has 23 heavy (non-hydrogen) atoms. The molecule has 120 valence electrons. The molecule has 5 heteroatoms. The second kappa shape index (κ2) is 7.53. The third-order valence-electron chi connectivity index (χ3n) is 3.81. The third-order valence-corrected chi connectivity index (χ3v) is 4.80. The molecule has 3 rings (SSSR count). The molecule has 0 unspecified atom stereocenters. The van der Waals surface area contributed by atoms with Crippen LogP contribution in [-0.2, 0) is 17.8 Å². The first-order chi connectivity index (χ1) is 11.2. The molecule has 0 radical (unpaired) electrons. The number of anilines is 1. The van der Waals surface area contributed by atoms with Crippen LogP contribution in [0.5, 0.6) is 0 Å². The Morgan fingerprint density at radius 1 is 1.39 bits per heavy atom. The number of amides is 1. The number of hydrogen-bond donors (Lipinski definition) is 1. The van der Waals surface area contributed by atoms with Crippen LogP contribution in [-0.4, -0.2) is 28.9 Å². The number of benzene rings is 1. The maximum absolute atomic E-state index is 12.0.